The monoisotopic (exact) mass is 524 g/mol. The first kappa shape index (κ1) is 25.0. The third-order valence-electron chi connectivity index (χ3n) is 5.82. The van der Waals surface area contributed by atoms with Gasteiger partial charge in [-0.2, -0.15) is 0 Å². The van der Waals surface area contributed by atoms with E-state index in [0.29, 0.717) is 34.1 Å². The highest BCUT2D eigenvalue weighted by molar-refractivity contribution is 7.22. The van der Waals surface area contributed by atoms with Crippen molar-refractivity contribution in [2.75, 3.05) is 18.4 Å². The molecule has 1 saturated heterocycles. The van der Waals surface area contributed by atoms with E-state index >= 15 is 0 Å². The molecule has 2 unspecified atom stereocenters. The standard InChI is InChI=1S/C24H27Cl2FN4O2S/c1-14(21-17(25)7-8-18(27)22(21)26)33-16-6-9-19-20(13-16)34-24(30-19)31-23(32)29-12-10-15-5-3-2-4-11-28-15/h6-9,13-15,28H,2-5,10-12H2,1H3,(H2,29,30,31,32). The Labute approximate surface area is 212 Å². The van der Waals surface area contributed by atoms with Gasteiger partial charge in [-0.25, -0.2) is 14.2 Å². The van der Waals surface area contributed by atoms with Gasteiger partial charge in [-0.15, -0.1) is 0 Å². The molecule has 0 aliphatic carbocycles. The smallest absolute Gasteiger partial charge is 0.321 e. The Morgan fingerprint density at radius 2 is 2.15 bits per heavy atom. The normalized spacial score (nSPS) is 17.2. The van der Waals surface area contributed by atoms with E-state index in [4.69, 9.17) is 27.9 Å². The number of carbonyl (C=O) groups is 1. The number of nitrogens with zero attached hydrogens (tertiary/aromatic N) is 1. The van der Waals surface area contributed by atoms with Crippen molar-refractivity contribution in [1.29, 1.82) is 0 Å². The molecule has 0 spiro atoms. The van der Waals surface area contributed by atoms with Crippen LogP contribution in [0.1, 0.15) is 50.7 Å². The maximum Gasteiger partial charge on any atom is 0.321 e. The lowest BCUT2D eigenvalue weighted by atomic mass is 10.1. The lowest BCUT2D eigenvalue weighted by molar-refractivity contribution is 0.227. The molecule has 1 aromatic heterocycles. The third kappa shape index (κ3) is 6.30. The van der Waals surface area contributed by atoms with E-state index in [1.807, 2.05) is 12.1 Å². The van der Waals surface area contributed by atoms with E-state index in [9.17, 15) is 9.18 Å². The van der Waals surface area contributed by atoms with Gasteiger partial charge in [0, 0.05) is 23.2 Å². The summed E-state index contributed by atoms with van der Waals surface area (Å²) in [6, 6.07) is 8.28. The minimum Gasteiger partial charge on any atom is -0.486 e. The van der Waals surface area contributed by atoms with Crippen LogP contribution in [0.4, 0.5) is 14.3 Å². The van der Waals surface area contributed by atoms with Gasteiger partial charge in [-0.05, 0) is 63.1 Å². The summed E-state index contributed by atoms with van der Waals surface area (Å²) >= 11 is 13.7. The molecular weight excluding hydrogens is 498 g/mol. The molecule has 182 valence electrons. The molecule has 0 bridgehead atoms. The summed E-state index contributed by atoms with van der Waals surface area (Å²) in [6.07, 6.45) is 5.23. The second kappa shape index (κ2) is 11.5. The third-order valence-corrected chi connectivity index (χ3v) is 7.47. The van der Waals surface area contributed by atoms with E-state index in [0.717, 1.165) is 29.6 Å². The maximum atomic E-state index is 13.9. The average Bonchev–Trinajstić information content (AvgIpc) is 3.00. The first-order chi connectivity index (χ1) is 16.4. The number of hydrogen-bond acceptors (Lipinski definition) is 5. The second-order valence-corrected chi connectivity index (χ2v) is 10.2. The molecule has 3 N–H and O–H groups in total. The van der Waals surface area contributed by atoms with Crippen molar-refractivity contribution in [2.24, 2.45) is 0 Å². The molecule has 4 rings (SSSR count). The highest BCUT2D eigenvalue weighted by Gasteiger charge is 2.19. The topological polar surface area (TPSA) is 75.3 Å². The van der Waals surface area contributed by atoms with Crippen LogP contribution < -0.4 is 20.7 Å². The van der Waals surface area contributed by atoms with Gasteiger partial charge in [0.15, 0.2) is 5.13 Å². The maximum absolute atomic E-state index is 13.9. The number of urea groups is 1. The minimum atomic E-state index is -0.563. The molecule has 1 aliphatic heterocycles. The van der Waals surface area contributed by atoms with Crippen LogP contribution in [-0.4, -0.2) is 30.1 Å². The predicted molar refractivity (Wildman–Crippen MR) is 137 cm³/mol. The molecular formula is C24H27Cl2FN4O2S. The van der Waals surface area contributed by atoms with Crippen LogP contribution in [0.25, 0.3) is 10.2 Å². The van der Waals surface area contributed by atoms with Gasteiger partial charge in [-0.1, -0.05) is 47.4 Å². The largest absolute Gasteiger partial charge is 0.486 e. The lowest BCUT2D eigenvalue weighted by Crippen LogP contribution is -2.35. The fourth-order valence-electron chi connectivity index (χ4n) is 4.06. The van der Waals surface area contributed by atoms with E-state index in [1.165, 1.54) is 42.7 Å². The molecule has 2 heterocycles. The highest BCUT2D eigenvalue weighted by atomic mass is 35.5. The first-order valence-electron chi connectivity index (χ1n) is 11.4. The fourth-order valence-corrected chi connectivity index (χ4v) is 5.63. The van der Waals surface area contributed by atoms with E-state index in [2.05, 4.69) is 20.9 Å². The number of benzene rings is 2. The molecule has 1 aliphatic rings. The summed E-state index contributed by atoms with van der Waals surface area (Å²) < 4.78 is 20.7. The Balaban J connectivity index is 1.34. The van der Waals surface area contributed by atoms with Crippen LogP contribution in [0.3, 0.4) is 0 Å². The van der Waals surface area contributed by atoms with Crippen LogP contribution >= 0.6 is 34.5 Å². The molecule has 0 saturated carbocycles. The zero-order valence-electron chi connectivity index (χ0n) is 18.8. The Morgan fingerprint density at radius 3 is 3.00 bits per heavy atom. The van der Waals surface area contributed by atoms with E-state index in [-0.39, 0.29) is 11.1 Å². The molecule has 0 radical (unpaired) electrons. The van der Waals surface area contributed by atoms with Gasteiger partial charge in [0.2, 0.25) is 0 Å². The Bertz CT molecular complexity index is 1150. The Hall–Kier alpha value is -2.13. The summed E-state index contributed by atoms with van der Waals surface area (Å²) in [4.78, 5) is 16.8. The summed E-state index contributed by atoms with van der Waals surface area (Å²) in [5, 5.41) is 10.0. The van der Waals surface area contributed by atoms with Crippen molar-refractivity contribution in [3.63, 3.8) is 0 Å². The lowest BCUT2D eigenvalue weighted by Gasteiger charge is -2.18. The van der Waals surface area contributed by atoms with Crippen LogP contribution in [0.15, 0.2) is 30.3 Å². The first-order valence-corrected chi connectivity index (χ1v) is 13.0. The van der Waals surface area contributed by atoms with Crippen molar-refractivity contribution in [3.8, 4) is 5.75 Å². The van der Waals surface area contributed by atoms with Gasteiger partial charge >= 0.3 is 6.03 Å². The van der Waals surface area contributed by atoms with Crippen LogP contribution in [0.5, 0.6) is 5.75 Å². The van der Waals surface area contributed by atoms with E-state index in [1.54, 1.807) is 13.0 Å². The number of hydrogen-bond donors (Lipinski definition) is 3. The zero-order chi connectivity index (χ0) is 24.1. The number of ether oxygens (including phenoxy) is 1. The fraction of sp³-hybridized carbons (Fsp3) is 0.417. The van der Waals surface area contributed by atoms with Gasteiger partial charge in [0.1, 0.15) is 17.7 Å². The molecule has 2 amide bonds. The molecule has 3 aromatic rings. The summed E-state index contributed by atoms with van der Waals surface area (Å²) in [6.45, 7) is 3.41. The molecule has 34 heavy (non-hydrogen) atoms. The van der Waals surface area contributed by atoms with Crippen molar-refractivity contribution in [1.82, 2.24) is 15.6 Å². The summed E-state index contributed by atoms with van der Waals surface area (Å²) in [5.74, 6) is 0.0147. The highest BCUT2D eigenvalue weighted by Crippen LogP contribution is 2.36. The van der Waals surface area contributed by atoms with E-state index < -0.39 is 11.9 Å². The number of aromatic nitrogens is 1. The van der Waals surface area contributed by atoms with Gasteiger partial charge < -0.3 is 15.4 Å². The average molecular weight is 525 g/mol. The number of halogens is 3. The van der Waals surface area contributed by atoms with Gasteiger partial charge in [-0.3, -0.25) is 5.32 Å². The minimum absolute atomic E-state index is 0.0498. The number of nitrogens with one attached hydrogen (secondary N) is 3. The Kier molecular flexibility index (Phi) is 8.47. The number of carbonyl (C=O) groups excluding carboxylic acids is 1. The summed E-state index contributed by atoms with van der Waals surface area (Å²) in [5.41, 5.74) is 1.13. The van der Waals surface area contributed by atoms with Crippen molar-refractivity contribution in [3.05, 3.63) is 51.8 Å². The molecule has 1 fully saturated rings. The summed E-state index contributed by atoms with van der Waals surface area (Å²) in [7, 11) is 0. The van der Waals surface area contributed by atoms with Gasteiger partial charge in [0.05, 0.1) is 15.2 Å². The number of thiazole rings is 1. The van der Waals surface area contributed by atoms with Crippen LogP contribution in [0, 0.1) is 5.82 Å². The molecule has 2 aromatic carbocycles. The number of fused-ring (bicyclic) bond motifs is 1. The quantitative estimate of drug-likeness (QED) is 0.293. The van der Waals surface area contributed by atoms with Crippen molar-refractivity contribution in [2.45, 2.75) is 51.2 Å². The number of rotatable bonds is 7. The Morgan fingerprint density at radius 1 is 1.29 bits per heavy atom. The zero-order valence-corrected chi connectivity index (χ0v) is 21.1. The van der Waals surface area contributed by atoms with Crippen LogP contribution in [-0.2, 0) is 0 Å². The molecule has 10 heteroatoms. The number of anilines is 1. The number of amides is 2. The van der Waals surface area contributed by atoms with Gasteiger partial charge in [0.25, 0.3) is 0 Å². The molecule has 6 nitrogen and oxygen atoms in total. The van der Waals surface area contributed by atoms with Crippen molar-refractivity contribution >= 4 is 55.9 Å². The second-order valence-electron chi connectivity index (χ2n) is 8.34. The van der Waals surface area contributed by atoms with Crippen LogP contribution in [0.2, 0.25) is 10.0 Å². The predicted octanol–water partition coefficient (Wildman–Crippen LogP) is 6.93. The molecule has 2 atom stereocenters. The van der Waals surface area contributed by atoms with Crippen molar-refractivity contribution < 1.29 is 13.9 Å². The SMILES string of the molecule is CC(Oc1ccc2nc(NC(=O)NCCC3CCCCCN3)sc2c1)c1c(Cl)ccc(F)c1Cl.